The molecule has 152 valence electrons. The SMILES string of the molecule is CC(=O)Nc1ccc(C(=O)NN=Cc2ccccc2OCc2ccccc2Cl)cc1. The molecule has 0 aliphatic heterocycles. The first-order chi connectivity index (χ1) is 14.5. The molecule has 0 aliphatic rings. The Morgan fingerprint density at radius 1 is 1.00 bits per heavy atom. The van der Waals surface area contributed by atoms with Crippen molar-refractivity contribution < 1.29 is 14.3 Å². The van der Waals surface area contributed by atoms with Gasteiger partial charge in [0.05, 0.1) is 6.21 Å². The predicted molar refractivity (Wildman–Crippen MR) is 118 cm³/mol. The Morgan fingerprint density at radius 2 is 1.70 bits per heavy atom. The minimum absolute atomic E-state index is 0.174. The van der Waals surface area contributed by atoms with Crippen LogP contribution in [0, 0.1) is 0 Å². The van der Waals surface area contributed by atoms with Crippen molar-refractivity contribution in [2.75, 3.05) is 5.32 Å². The molecule has 3 rings (SSSR count). The van der Waals surface area contributed by atoms with Crippen LogP contribution in [0.5, 0.6) is 5.75 Å². The molecule has 3 aromatic rings. The van der Waals surface area contributed by atoms with Gasteiger partial charge in [0, 0.05) is 34.3 Å². The lowest BCUT2D eigenvalue weighted by molar-refractivity contribution is -0.114. The van der Waals surface area contributed by atoms with Crippen molar-refractivity contribution in [1.82, 2.24) is 5.43 Å². The van der Waals surface area contributed by atoms with Gasteiger partial charge >= 0.3 is 0 Å². The fourth-order valence-electron chi connectivity index (χ4n) is 2.62. The largest absolute Gasteiger partial charge is 0.488 e. The van der Waals surface area contributed by atoms with Gasteiger partial charge in [0.25, 0.3) is 5.91 Å². The number of carbonyl (C=O) groups excluding carboxylic acids is 2. The van der Waals surface area contributed by atoms with Crippen molar-refractivity contribution in [3.05, 3.63) is 94.5 Å². The summed E-state index contributed by atoms with van der Waals surface area (Å²) in [7, 11) is 0. The minimum Gasteiger partial charge on any atom is -0.488 e. The number of nitrogens with one attached hydrogen (secondary N) is 2. The number of hydrogen-bond donors (Lipinski definition) is 2. The van der Waals surface area contributed by atoms with Gasteiger partial charge in [0.15, 0.2) is 0 Å². The maximum Gasteiger partial charge on any atom is 0.271 e. The van der Waals surface area contributed by atoms with E-state index >= 15 is 0 Å². The Bertz CT molecular complexity index is 1070. The third kappa shape index (κ3) is 5.93. The summed E-state index contributed by atoms with van der Waals surface area (Å²) in [5.74, 6) is 0.0809. The number of benzene rings is 3. The molecule has 0 unspecified atom stereocenters. The van der Waals surface area contributed by atoms with Crippen LogP contribution in [0.3, 0.4) is 0 Å². The molecule has 0 bridgehead atoms. The highest BCUT2D eigenvalue weighted by Gasteiger charge is 2.06. The van der Waals surface area contributed by atoms with Crippen LogP contribution < -0.4 is 15.5 Å². The highest BCUT2D eigenvalue weighted by molar-refractivity contribution is 6.31. The predicted octanol–water partition coefficient (Wildman–Crippen LogP) is 4.64. The number of carbonyl (C=O) groups is 2. The minimum atomic E-state index is -0.366. The van der Waals surface area contributed by atoms with E-state index in [9.17, 15) is 9.59 Å². The highest BCUT2D eigenvalue weighted by Crippen LogP contribution is 2.21. The molecule has 0 radical (unpaired) electrons. The summed E-state index contributed by atoms with van der Waals surface area (Å²) >= 11 is 6.17. The number of hydrogen-bond acceptors (Lipinski definition) is 4. The molecule has 6 nitrogen and oxygen atoms in total. The van der Waals surface area contributed by atoms with E-state index in [0.29, 0.717) is 34.2 Å². The van der Waals surface area contributed by atoms with Crippen LogP contribution >= 0.6 is 11.6 Å². The molecule has 30 heavy (non-hydrogen) atoms. The zero-order valence-electron chi connectivity index (χ0n) is 16.3. The summed E-state index contributed by atoms with van der Waals surface area (Å²) in [6, 6.07) is 21.4. The molecule has 0 saturated heterocycles. The maximum absolute atomic E-state index is 12.2. The van der Waals surface area contributed by atoms with E-state index in [0.717, 1.165) is 5.56 Å². The van der Waals surface area contributed by atoms with Gasteiger partial charge in [-0.05, 0) is 42.5 Å². The molecule has 0 saturated carbocycles. The second-order valence-corrected chi connectivity index (χ2v) is 6.78. The van der Waals surface area contributed by atoms with Crippen molar-refractivity contribution in [2.24, 2.45) is 5.10 Å². The van der Waals surface area contributed by atoms with Gasteiger partial charge < -0.3 is 10.1 Å². The summed E-state index contributed by atoms with van der Waals surface area (Å²) in [6.45, 7) is 1.74. The van der Waals surface area contributed by atoms with Crippen molar-refractivity contribution in [1.29, 1.82) is 0 Å². The smallest absolute Gasteiger partial charge is 0.271 e. The van der Waals surface area contributed by atoms with Crippen LogP contribution in [-0.4, -0.2) is 18.0 Å². The molecule has 7 heteroatoms. The van der Waals surface area contributed by atoms with E-state index in [2.05, 4.69) is 15.8 Å². The van der Waals surface area contributed by atoms with Gasteiger partial charge in [-0.1, -0.05) is 41.9 Å². The number of anilines is 1. The Balaban J connectivity index is 1.61. The van der Waals surface area contributed by atoms with Crippen LogP contribution in [0.2, 0.25) is 5.02 Å². The standard InChI is InChI=1S/C23H20ClN3O3/c1-16(28)26-20-12-10-17(11-13-20)23(29)27-25-14-18-6-3-5-9-22(18)30-15-19-7-2-4-8-21(19)24/h2-14H,15H2,1H3,(H,26,28)(H,27,29). The van der Waals surface area contributed by atoms with Gasteiger partial charge in [0.1, 0.15) is 12.4 Å². The second kappa shape index (κ2) is 10.2. The normalized spacial score (nSPS) is 10.6. The van der Waals surface area contributed by atoms with Crippen molar-refractivity contribution in [3.8, 4) is 5.75 Å². The van der Waals surface area contributed by atoms with E-state index in [4.69, 9.17) is 16.3 Å². The Labute approximate surface area is 179 Å². The lowest BCUT2D eigenvalue weighted by Crippen LogP contribution is -2.17. The Morgan fingerprint density at radius 3 is 2.43 bits per heavy atom. The molecular formula is C23H20ClN3O3. The summed E-state index contributed by atoms with van der Waals surface area (Å²) in [4.78, 5) is 23.3. The monoisotopic (exact) mass is 421 g/mol. The highest BCUT2D eigenvalue weighted by atomic mass is 35.5. The number of nitrogens with zero attached hydrogens (tertiary/aromatic N) is 1. The molecule has 0 atom stereocenters. The van der Waals surface area contributed by atoms with Crippen LogP contribution in [0.4, 0.5) is 5.69 Å². The van der Waals surface area contributed by atoms with Gasteiger partial charge in [-0.2, -0.15) is 5.10 Å². The van der Waals surface area contributed by atoms with E-state index in [1.807, 2.05) is 48.5 Å². The number of rotatable bonds is 7. The Hall–Kier alpha value is -3.64. The molecule has 0 aliphatic carbocycles. The fraction of sp³-hybridized carbons (Fsp3) is 0.0870. The lowest BCUT2D eigenvalue weighted by Gasteiger charge is -2.10. The molecular weight excluding hydrogens is 402 g/mol. The molecule has 0 heterocycles. The second-order valence-electron chi connectivity index (χ2n) is 6.38. The zero-order valence-corrected chi connectivity index (χ0v) is 17.0. The summed E-state index contributed by atoms with van der Waals surface area (Å²) in [6.07, 6.45) is 1.52. The number of amides is 2. The quantitative estimate of drug-likeness (QED) is 0.430. The van der Waals surface area contributed by atoms with Crippen LogP contribution in [0.1, 0.15) is 28.4 Å². The van der Waals surface area contributed by atoms with E-state index in [1.54, 1.807) is 24.3 Å². The summed E-state index contributed by atoms with van der Waals surface area (Å²) in [5.41, 5.74) is 5.11. The molecule has 0 aromatic heterocycles. The van der Waals surface area contributed by atoms with Crippen LogP contribution in [0.15, 0.2) is 77.9 Å². The molecule has 2 amide bonds. The fourth-order valence-corrected chi connectivity index (χ4v) is 2.81. The van der Waals surface area contributed by atoms with E-state index in [-0.39, 0.29) is 11.8 Å². The molecule has 3 aromatic carbocycles. The van der Waals surface area contributed by atoms with Crippen molar-refractivity contribution in [2.45, 2.75) is 13.5 Å². The van der Waals surface area contributed by atoms with Gasteiger partial charge in [-0.25, -0.2) is 5.43 Å². The van der Waals surface area contributed by atoms with Crippen molar-refractivity contribution in [3.63, 3.8) is 0 Å². The third-order valence-electron chi connectivity index (χ3n) is 4.10. The van der Waals surface area contributed by atoms with Gasteiger partial charge in [-0.3, -0.25) is 9.59 Å². The topological polar surface area (TPSA) is 79.8 Å². The average molecular weight is 422 g/mol. The maximum atomic E-state index is 12.2. The van der Waals surface area contributed by atoms with Crippen LogP contribution in [-0.2, 0) is 11.4 Å². The number of hydrazone groups is 1. The first-order valence-corrected chi connectivity index (χ1v) is 9.57. The Kier molecular flexibility index (Phi) is 7.19. The summed E-state index contributed by atoms with van der Waals surface area (Å²) < 4.78 is 5.87. The van der Waals surface area contributed by atoms with Gasteiger partial charge in [0.2, 0.25) is 5.91 Å². The molecule has 2 N–H and O–H groups in total. The van der Waals surface area contributed by atoms with Crippen molar-refractivity contribution >= 4 is 35.3 Å². The van der Waals surface area contributed by atoms with E-state index < -0.39 is 0 Å². The first kappa shape index (κ1) is 21.1. The zero-order chi connectivity index (χ0) is 21.3. The number of halogens is 1. The number of para-hydroxylation sites is 1. The summed E-state index contributed by atoms with van der Waals surface area (Å²) in [5, 5.41) is 7.31. The third-order valence-corrected chi connectivity index (χ3v) is 4.47. The van der Waals surface area contributed by atoms with Gasteiger partial charge in [-0.15, -0.1) is 0 Å². The van der Waals surface area contributed by atoms with E-state index in [1.165, 1.54) is 13.1 Å². The number of ether oxygens (including phenoxy) is 1. The molecule has 0 spiro atoms. The molecule has 0 fully saturated rings. The van der Waals surface area contributed by atoms with Crippen LogP contribution in [0.25, 0.3) is 0 Å². The first-order valence-electron chi connectivity index (χ1n) is 9.19. The average Bonchev–Trinajstić information content (AvgIpc) is 2.74. The lowest BCUT2D eigenvalue weighted by atomic mass is 10.2.